The number of rotatable bonds is 5. The van der Waals surface area contributed by atoms with Gasteiger partial charge in [-0.1, -0.05) is 48.7 Å². The Morgan fingerprint density at radius 1 is 1.33 bits per heavy atom. The second-order valence-electron chi connectivity index (χ2n) is 5.82. The summed E-state index contributed by atoms with van der Waals surface area (Å²) in [5, 5.41) is 0. The average Bonchev–Trinajstić information content (AvgIpc) is 2.88. The Labute approximate surface area is 133 Å². The van der Waals surface area contributed by atoms with E-state index in [2.05, 4.69) is 37.8 Å². The zero-order valence-corrected chi connectivity index (χ0v) is 13.5. The Kier molecular flexibility index (Phi) is 6.43. The molecule has 1 aromatic rings. The molecule has 0 aromatic heterocycles. The van der Waals surface area contributed by atoms with Crippen LogP contribution in [-0.4, -0.2) is 22.9 Å². The van der Waals surface area contributed by atoms with Crippen molar-refractivity contribution in [1.82, 2.24) is 4.90 Å². The molecule has 1 fully saturated rings. The minimum absolute atomic E-state index is 0. The summed E-state index contributed by atoms with van der Waals surface area (Å²) in [7, 11) is 0. The van der Waals surface area contributed by atoms with Crippen molar-refractivity contribution in [1.29, 1.82) is 0 Å². The first-order chi connectivity index (χ1) is 9.55. The van der Waals surface area contributed by atoms with Gasteiger partial charge < -0.3 is 10.6 Å². The lowest BCUT2D eigenvalue weighted by molar-refractivity contribution is -0.136. The summed E-state index contributed by atoms with van der Waals surface area (Å²) in [6.07, 6.45) is 5.47. The predicted octanol–water partition coefficient (Wildman–Crippen LogP) is 3.20. The van der Waals surface area contributed by atoms with E-state index >= 15 is 0 Å². The second-order valence-corrected chi connectivity index (χ2v) is 5.82. The van der Waals surface area contributed by atoms with Gasteiger partial charge in [0.1, 0.15) is 0 Å². The SMILES string of the molecule is C=CCN(Cc1ccc(C)cc1)C(=O)C1(N)CCCC1.Cl. The van der Waals surface area contributed by atoms with Gasteiger partial charge in [-0.15, -0.1) is 19.0 Å². The maximum absolute atomic E-state index is 12.7. The molecule has 0 spiro atoms. The third kappa shape index (κ3) is 4.32. The maximum Gasteiger partial charge on any atom is 0.243 e. The van der Waals surface area contributed by atoms with Crippen LogP contribution in [0.5, 0.6) is 0 Å². The molecule has 2 rings (SSSR count). The fourth-order valence-electron chi connectivity index (χ4n) is 2.82. The molecule has 0 aliphatic heterocycles. The second kappa shape index (κ2) is 7.62. The van der Waals surface area contributed by atoms with E-state index in [1.165, 1.54) is 5.56 Å². The Morgan fingerprint density at radius 2 is 1.90 bits per heavy atom. The van der Waals surface area contributed by atoms with Gasteiger partial charge in [-0.2, -0.15) is 0 Å². The van der Waals surface area contributed by atoms with Crippen LogP contribution in [0.1, 0.15) is 36.8 Å². The van der Waals surface area contributed by atoms with Gasteiger partial charge in [-0.25, -0.2) is 0 Å². The highest BCUT2D eigenvalue weighted by Crippen LogP contribution is 2.29. The molecule has 0 bridgehead atoms. The van der Waals surface area contributed by atoms with Gasteiger partial charge in [-0.3, -0.25) is 4.79 Å². The number of aryl methyl sites for hydroxylation is 1. The van der Waals surface area contributed by atoms with Crippen LogP contribution in [0, 0.1) is 6.92 Å². The van der Waals surface area contributed by atoms with Crippen molar-refractivity contribution in [2.75, 3.05) is 6.54 Å². The van der Waals surface area contributed by atoms with E-state index in [1.807, 2.05) is 4.90 Å². The minimum Gasteiger partial charge on any atom is -0.333 e. The lowest BCUT2D eigenvalue weighted by Crippen LogP contribution is -2.53. The molecular weight excluding hydrogens is 284 g/mol. The van der Waals surface area contributed by atoms with Crippen LogP contribution >= 0.6 is 12.4 Å². The van der Waals surface area contributed by atoms with E-state index in [1.54, 1.807) is 6.08 Å². The monoisotopic (exact) mass is 308 g/mol. The summed E-state index contributed by atoms with van der Waals surface area (Å²) in [6.45, 7) is 6.96. The number of halogens is 1. The van der Waals surface area contributed by atoms with Crippen LogP contribution in [0.25, 0.3) is 0 Å². The molecule has 0 radical (unpaired) electrons. The predicted molar refractivity (Wildman–Crippen MR) is 89.4 cm³/mol. The smallest absolute Gasteiger partial charge is 0.243 e. The highest BCUT2D eigenvalue weighted by molar-refractivity contribution is 5.86. The molecule has 1 aliphatic rings. The molecule has 1 aromatic carbocycles. The number of amides is 1. The quantitative estimate of drug-likeness (QED) is 0.849. The first-order valence-electron chi connectivity index (χ1n) is 7.30. The van der Waals surface area contributed by atoms with Gasteiger partial charge >= 0.3 is 0 Å². The highest BCUT2D eigenvalue weighted by Gasteiger charge is 2.39. The fourth-order valence-corrected chi connectivity index (χ4v) is 2.82. The van der Waals surface area contributed by atoms with Crippen molar-refractivity contribution in [3.8, 4) is 0 Å². The standard InChI is InChI=1S/C17H24N2O.ClH/c1-3-12-19(13-15-8-6-14(2)7-9-15)16(20)17(18)10-4-5-11-17;/h3,6-9H,1,4-5,10-13,18H2,2H3;1H. The maximum atomic E-state index is 12.7. The first kappa shape index (κ1) is 17.7. The summed E-state index contributed by atoms with van der Waals surface area (Å²) >= 11 is 0. The molecule has 1 saturated carbocycles. The molecule has 0 atom stereocenters. The average molecular weight is 309 g/mol. The Balaban J connectivity index is 0.00000220. The van der Waals surface area contributed by atoms with Crippen LogP contribution in [0.4, 0.5) is 0 Å². The van der Waals surface area contributed by atoms with Crippen molar-refractivity contribution < 1.29 is 4.79 Å². The number of hydrogen-bond donors (Lipinski definition) is 1. The lowest BCUT2D eigenvalue weighted by Gasteiger charge is -2.31. The summed E-state index contributed by atoms with van der Waals surface area (Å²) in [4.78, 5) is 14.5. The molecular formula is C17H25ClN2O. The van der Waals surface area contributed by atoms with Crippen LogP contribution in [0.2, 0.25) is 0 Å². The largest absolute Gasteiger partial charge is 0.333 e. The van der Waals surface area contributed by atoms with E-state index in [-0.39, 0.29) is 18.3 Å². The molecule has 116 valence electrons. The molecule has 0 unspecified atom stereocenters. The molecule has 1 aliphatic carbocycles. The van der Waals surface area contributed by atoms with Gasteiger partial charge in [0.05, 0.1) is 5.54 Å². The van der Waals surface area contributed by atoms with E-state index in [4.69, 9.17) is 5.73 Å². The normalized spacial score (nSPS) is 16.1. The van der Waals surface area contributed by atoms with Crippen molar-refractivity contribution in [2.24, 2.45) is 5.73 Å². The summed E-state index contributed by atoms with van der Waals surface area (Å²) in [5.74, 6) is 0.0653. The highest BCUT2D eigenvalue weighted by atomic mass is 35.5. The number of nitrogens with zero attached hydrogens (tertiary/aromatic N) is 1. The van der Waals surface area contributed by atoms with Crippen molar-refractivity contribution in [3.63, 3.8) is 0 Å². The van der Waals surface area contributed by atoms with E-state index in [0.29, 0.717) is 13.1 Å². The van der Waals surface area contributed by atoms with Gasteiger partial charge in [0.25, 0.3) is 0 Å². The van der Waals surface area contributed by atoms with E-state index < -0.39 is 5.54 Å². The third-order valence-electron chi connectivity index (χ3n) is 4.05. The van der Waals surface area contributed by atoms with Crippen LogP contribution in [-0.2, 0) is 11.3 Å². The van der Waals surface area contributed by atoms with Gasteiger partial charge in [0.2, 0.25) is 5.91 Å². The molecule has 4 heteroatoms. The Hall–Kier alpha value is -1.32. The number of carbonyl (C=O) groups excluding carboxylic acids is 1. The summed E-state index contributed by atoms with van der Waals surface area (Å²) in [5.41, 5.74) is 7.98. The first-order valence-corrected chi connectivity index (χ1v) is 7.30. The Bertz CT molecular complexity index is 478. The number of carbonyl (C=O) groups is 1. The van der Waals surface area contributed by atoms with Gasteiger partial charge in [-0.05, 0) is 25.3 Å². The lowest BCUT2D eigenvalue weighted by atomic mass is 9.96. The third-order valence-corrected chi connectivity index (χ3v) is 4.05. The van der Waals surface area contributed by atoms with Crippen LogP contribution in [0.15, 0.2) is 36.9 Å². The number of hydrogen-bond acceptors (Lipinski definition) is 2. The molecule has 1 amide bonds. The van der Waals surface area contributed by atoms with Gasteiger partial charge in [0, 0.05) is 13.1 Å². The van der Waals surface area contributed by atoms with Crippen molar-refractivity contribution in [2.45, 2.75) is 44.7 Å². The summed E-state index contributed by atoms with van der Waals surface area (Å²) in [6, 6.07) is 8.27. The molecule has 0 heterocycles. The van der Waals surface area contributed by atoms with E-state index in [9.17, 15) is 4.79 Å². The topological polar surface area (TPSA) is 46.3 Å². The minimum atomic E-state index is -0.659. The van der Waals surface area contributed by atoms with Gasteiger partial charge in [0.15, 0.2) is 0 Å². The zero-order chi connectivity index (χ0) is 14.6. The van der Waals surface area contributed by atoms with Crippen molar-refractivity contribution in [3.05, 3.63) is 48.0 Å². The number of nitrogens with two attached hydrogens (primary N) is 1. The fraction of sp³-hybridized carbons (Fsp3) is 0.471. The van der Waals surface area contributed by atoms with Crippen LogP contribution in [0.3, 0.4) is 0 Å². The van der Waals surface area contributed by atoms with Crippen molar-refractivity contribution >= 4 is 18.3 Å². The summed E-state index contributed by atoms with van der Waals surface area (Å²) < 4.78 is 0. The van der Waals surface area contributed by atoms with Crippen LogP contribution < -0.4 is 5.73 Å². The van der Waals surface area contributed by atoms with E-state index in [0.717, 1.165) is 31.2 Å². The number of benzene rings is 1. The molecule has 2 N–H and O–H groups in total. The molecule has 21 heavy (non-hydrogen) atoms. The molecule has 0 saturated heterocycles. The zero-order valence-electron chi connectivity index (χ0n) is 12.7. The molecule has 3 nitrogen and oxygen atoms in total. The Morgan fingerprint density at radius 3 is 2.43 bits per heavy atom.